The van der Waals surface area contributed by atoms with E-state index in [0.29, 0.717) is 0 Å². The molecule has 1 aromatic rings. The summed E-state index contributed by atoms with van der Waals surface area (Å²) in [4.78, 5) is 2.33. The van der Waals surface area contributed by atoms with Crippen molar-refractivity contribution in [1.82, 2.24) is 4.90 Å². The summed E-state index contributed by atoms with van der Waals surface area (Å²) < 4.78 is 0. The van der Waals surface area contributed by atoms with Gasteiger partial charge in [-0.15, -0.1) is 0 Å². The molecule has 0 aliphatic rings. The van der Waals surface area contributed by atoms with Crippen LogP contribution in [0.25, 0.3) is 0 Å². The Balaban J connectivity index is 3.04. The lowest BCUT2D eigenvalue weighted by molar-refractivity contribution is 0.166. The van der Waals surface area contributed by atoms with Crippen LogP contribution in [0.5, 0.6) is 0 Å². The van der Waals surface area contributed by atoms with Crippen LogP contribution in [0.15, 0.2) is 24.3 Å². The SMILES string of the molecule is CCC(N)C(c1ccc(C)cc1)N(CC)CC(C)C#N. The molecule has 0 aromatic heterocycles. The number of hydrogen-bond acceptors (Lipinski definition) is 3. The molecule has 3 atom stereocenters. The van der Waals surface area contributed by atoms with Gasteiger partial charge in [0.05, 0.1) is 12.0 Å². The van der Waals surface area contributed by atoms with Gasteiger partial charge in [0, 0.05) is 18.6 Å². The molecular formula is C17H27N3. The van der Waals surface area contributed by atoms with Crippen LogP contribution in [0.3, 0.4) is 0 Å². The lowest BCUT2D eigenvalue weighted by atomic mass is 9.94. The predicted molar refractivity (Wildman–Crippen MR) is 84.2 cm³/mol. The number of hydrogen-bond donors (Lipinski definition) is 1. The molecule has 0 heterocycles. The number of aryl methyl sites for hydroxylation is 1. The van der Waals surface area contributed by atoms with Gasteiger partial charge in [0.25, 0.3) is 0 Å². The molecule has 3 unspecified atom stereocenters. The van der Waals surface area contributed by atoms with E-state index in [1.54, 1.807) is 0 Å². The third kappa shape index (κ3) is 4.33. The van der Waals surface area contributed by atoms with Crippen molar-refractivity contribution < 1.29 is 0 Å². The fourth-order valence-corrected chi connectivity index (χ4v) is 2.55. The van der Waals surface area contributed by atoms with Crippen LogP contribution >= 0.6 is 0 Å². The van der Waals surface area contributed by atoms with E-state index in [4.69, 9.17) is 11.0 Å². The van der Waals surface area contributed by atoms with Crippen LogP contribution in [0.1, 0.15) is 44.4 Å². The summed E-state index contributed by atoms with van der Waals surface area (Å²) in [6, 6.07) is 11.2. The van der Waals surface area contributed by atoms with Gasteiger partial charge in [-0.2, -0.15) is 5.26 Å². The highest BCUT2D eigenvalue weighted by atomic mass is 15.2. The van der Waals surface area contributed by atoms with E-state index < -0.39 is 0 Å². The quantitative estimate of drug-likeness (QED) is 0.829. The average Bonchev–Trinajstić information content (AvgIpc) is 2.47. The molecule has 0 aliphatic carbocycles. The van der Waals surface area contributed by atoms with Gasteiger partial charge in [0.2, 0.25) is 0 Å². The molecule has 0 saturated heterocycles. The molecule has 0 saturated carbocycles. The normalized spacial score (nSPS) is 15.7. The Kier molecular flexibility index (Phi) is 6.70. The van der Waals surface area contributed by atoms with Crippen molar-refractivity contribution in [3.63, 3.8) is 0 Å². The number of rotatable bonds is 7. The lowest BCUT2D eigenvalue weighted by Gasteiger charge is -2.35. The van der Waals surface area contributed by atoms with Crippen molar-refractivity contribution in [3.05, 3.63) is 35.4 Å². The first-order valence-corrected chi connectivity index (χ1v) is 7.49. The second-order valence-electron chi connectivity index (χ2n) is 5.55. The molecule has 0 amide bonds. The highest BCUT2D eigenvalue weighted by Gasteiger charge is 2.25. The Labute approximate surface area is 123 Å². The van der Waals surface area contributed by atoms with Gasteiger partial charge in [0.15, 0.2) is 0 Å². The zero-order valence-electron chi connectivity index (χ0n) is 13.1. The van der Waals surface area contributed by atoms with Crippen LogP contribution < -0.4 is 5.73 Å². The fraction of sp³-hybridized carbons (Fsp3) is 0.588. The smallest absolute Gasteiger partial charge is 0.0666 e. The van der Waals surface area contributed by atoms with Gasteiger partial charge in [-0.1, -0.05) is 43.7 Å². The molecule has 3 nitrogen and oxygen atoms in total. The molecule has 0 bridgehead atoms. The minimum Gasteiger partial charge on any atom is -0.326 e. The molecule has 1 aromatic carbocycles. The van der Waals surface area contributed by atoms with Crippen molar-refractivity contribution >= 4 is 0 Å². The summed E-state index contributed by atoms with van der Waals surface area (Å²) in [5, 5.41) is 9.06. The van der Waals surface area contributed by atoms with Gasteiger partial charge in [-0.25, -0.2) is 0 Å². The molecular weight excluding hydrogens is 246 g/mol. The van der Waals surface area contributed by atoms with E-state index in [1.807, 2.05) is 6.92 Å². The van der Waals surface area contributed by atoms with Crippen molar-refractivity contribution in [2.24, 2.45) is 11.7 Å². The minimum absolute atomic E-state index is 0.0203. The first kappa shape index (κ1) is 16.7. The van der Waals surface area contributed by atoms with Crippen molar-refractivity contribution in [2.45, 2.75) is 46.2 Å². The summed E-state index contributed by atoms with van der Waals surface area (Å²) in [5.74, 6) is 0.0203. The number of nitrogens with zero attached hydrogens (tertiary/aromatic N) is 2. The monoisotopic (exact) mass is 273 g/mol. The molecule has 110 valence electrons. The minimum atomic E-state index is 0.0203. The van der Waals surface area contributed by atoms with Crippen molar-refractivity contribution in [1.29, 1.82) is 5.26 Å². The summed E-state index contributed by atoms with van der Waals surface area (Å²) in [6.45, 7) is 9.97. The average molecular weight is 273 g/mol. The zero-order valence-corrected chi connectivity index (χ0v) is 13.1. The molecule has 0 radical (unpaired) electrons. The largest absolute Gasteiger partial charge is 0.326 e. The number of benzene rings is 1. The van der Waals surface area contributed by atoms with E-state index in [0.717, 1.165) is 19.5 Å². The van der Waals surface area contributed by atoms with Gasteiger partial charge in [-0.05, 0) is 32.4 Å². The maximum atomic E-state index is 9.06. The molecule has 2 N–H and O–H groups in total. The summed E-state index contributed by atoms with van der Waals surface area (Å²) in [5.41, 5.74) is 8.86. The number of nitrogens with two attached hydrogens (primary N) is 1. The first-order valence-electron chi connectivity index (χ1n) is 7.49. The summed E-state index contributed by atoms with van der Waals surface area (Å²) in [6.07, 6.45) is 0.927. The summed E-state index contributed by atoms with van der Waals surface area (Å²) in [7, 11) is 0. The molecule has 0 spiro atoms. The van der Waals surface area contributed by atoms with Gasteiger partial charge < -0.3 is 5.73 Å². The van der Waals surface area contributed by atoms with Gasteiger partial charge in [0.1, 0.15) is 0 Å². The van der Waals surface area contributed by atoms with E-state index in [1.165, 1.54) is 11.1 Å². The van der Waals surface area contributed by atoms with Gasteiger partial charge >= 0.3 is 0 Å². The van der Waals surface area contributed by atoms with Gasteiger partial charge in [-0.3, -0.25) is 4.90 Å². The molecule has 0 aliphatic heterocycles. The predicted octanol–water partition coefficient (Wildman–Crippen LogP) is 3.26. The Morgan fingerprint density at radius 1 is 1.25 bits per heavy atom. The van der Waals surface area contributed by atoms with Crippen molar-refractivity contribution in [3.8, 4) is 6.07 Å². The Morgan fingerprint density at radius 3 is 2.30 bits per heavy atom. The Morgan fingerprint density at radius 2 is 1.85 bits per heavy atom. The van der Waals surface area contributed by atoms with Crippen LogP contribution in [0, 0.1) is 24.2 Å². The topological polar surface area (TPSA) is 53.0 Å². The highest BCUT2D eigenvalue weighted by molar-refractivity contribution is 5.25. The maximum Gasteiger partial charge on any atom is 0.0666 e. The van der Waals surface area contributed by atoms with Crippen LogP contribution in [-0.4, -0.2) is 24.0 Å². The highest BCUT2D eigenvalue weighted by Crippen LogP contribution is 2.26. The van der Waals surface area contributed by atoms with Crippen LogP contribution in [0.2, 0.25) is 0 Å². The van der Waals surface area contributed by atoms with Crippen LogP contribution in [-0.2, 0) is 0 Å². The summed E-state index contributed by atoms with van der Waals surface area (Å²) >= 11 is 0. The van der Waals surface area contributed by atoms with Crippen LogP contribution in [0.4, 0.5) is 0 Å². The lowest BCUT2D eigenvalue weighted by Crippen LogP contribution is -2.42. The van der Waals surface area contributed by atoms with E-state index in [-0.39, 0.29) is 18.0 Å². The zero-order chi connectivity index (χ0) is 15.1. The second-order valence-corrected chi connectivity index (χ2v) is 5.55. The number of nitriles is 1. The Bertz CT molecular complexity index is 433. The van der Waals surface area contributed by atoms with E-state index in [9.17, 15) is 0 Å². The second kappa shape index (κ2) is 8.04. The third-order valence-corrected chi connectivity index (χ3v) is 3.82. The Hall–Kier alpha value is -1.37. The van der Waals surface area contributed by atoms with Crippen molar-refractivity contribution in [2.75, 3.05) is 13.1 Å². The van der Waals surface area contributed by atoms with E-state index in [2.05, 4.69) is 56.0 Å². The first-order chi connectivity index (χ1) is 9.53. The molecule has 20 heavy (non-hydrogen) atoms. The van der Waals surface area contributed by atoms with E-state index >= 15 is 0 Å². The number of likely N-dealkylation sites (N-methyl/N-ethyl adjacent to an activating group) is 1. The fourth-order valence-electron chi connectivity index (χ4n) is 2.55. The molecule has 3 heteroatoms. The maximum absolute atomic E-state index is 9.06. The standard InChI is InChI=1S/C17H27N3/c1-5-16(19)17(15-9-7-13(3)8-10-15)20(6-2)12-14(4)11-18/h7-10,14,16-17H,5-6,12,19H2,1-4H3. The third-order valence-electron chi connectivity index (χ3n) is 3.82. The molecule has 1 rings (SSSR count). The molecule has 0 fully saturated rings.